The van der Waals surface area contributed by atoms with E-state index in [1.54, 1.807) is 0 Å². The first-order chi connectivity index (χ1) is 8.69. The van der Waals surface area contributed by atoms with Gasteiger partial charge >= 0.3 is 0 Å². The average Bonchev–Trinajstić information content (AvgIpc) is 2.85. The van der Waals surface area contributed by atoms with Crippen LogP contribution in [0.1, 0.15) is 12.0 Å². The van der Waals surface area contributed by atoms with Crippen molar-refractivity contribution < 1.29 is 9.53 Å². The predicted molar refractivity (Wildman–Crippen MR) is 70.4 cm³/mol. The highest BCUT2D eigenvalue weighted by Gasteiger charge is 2.25. The van der Waals surface area contributed by atoms with E-state index in [4.69, 9.17) is 10.5 Å². The highest BCUT2D eigenvalue weighted by Crippen LogP contribution is 2.16. The van der Waals surface area contributed by atoms with Gasteiger partial charge in [-0.15, -0.1) is 0 Å². The van der Waals surface area contributed by atoms with Crippen molar-refractivity contribution in [2.45, 2.75) is 13.3 Å². The van der Waals surface area contributed by atoms with E-state index in [2.05, 4.69) is 0 Å². The molecular formula is C14H20N2O2. The Hall–Kier alpha value is -1.55. The van der Waals surface area contributed by atoms with E-state index in [0.717, 1.165) is 30.8 Å². The molecule has 1 saturated heterocycles. The molecule has 0 unspecified atom stereocenters. The smallest absolute Gasteiger partial charge is 0.260 e. The summed E-state index contributed by atoms with van der Waals surface area (Å²) in [5.74, 6) is 1.25. The van der Waals surface area contributed by atoms with Gasteiger partial charge in [-0.25, -0.2) is 0 Å². The summed E-state index contributed by atoms with van der Waals surface area (Å²) in [4.78, 5) is 13.8. The molecule has 4 nitrogen and oxygen atoms in total. The fraction of sp³-hybridized carbons (Fsp3) is 0.500. The number of ether oxygens (including phenoxy) is 1. The van der Waals surface area contributed by atoms with Crippen molar-refractivity contribution in [2.24, 2.45) is 11.7 Å². The summed E-state index contributed by atoms with van der Waals surface area (Å²) in [5, 5.41) is 0. The highest BCUT2D eigenvalue weighted by molar-refractivity contribution is 5.78. The van der Waals surface area contributed by atoms with Crippen LogP contribution >= 0.6 is 0 Å². The Morgan fingerprint density at radius 3 is 3.06 bits per heavy atom. The van der Waals surface area contributed by atoms with Crippen LogP contribution in [0, 0.1) is 12.8 Å². The van der Waals surface area contributed by atoms with Gasteiger partial charge in [0.25, 0.3) is 5.91 Å². The van der Waals surface area contributed by atoms with Gasteiger partial charge in [0.05, 0.1) is 0 Å². The molecule has 1 heterocycles. The molecule has 98 valence electrons. The lowest BCUT2D eigenvalue weighted by molar-refractivity contribution is -0.132. The summed E-state index contributed by atoms with van der Waals surface area (Å²) in [7, 11) is 0. The maximum absolute atomic E-state index is 11.9. The Labute approximate surface area is 108 Å². The van der Waals surface area contributed by atoms with Crippen LogP contribution < -0.4 is 10.5 Å². The Morgan fingerprint density at radius 2 is 2.39 bits per heavy atom. The zero-order valence-corrected chi connectivity index (χ0v) is 10.8. The molecule has 2 N–H and O–H groups in total. The molecule has 1 fully saturated rings. The summed E-state index contributed by atoms with van der Waals surface area (Å²) in [6.45, 7) is 4.34. The number of benzene rings is 1. The van der Waals surface area contributed by atoms with Crippen molar-refractivity contribution in [1.29, 1.82) is 0 Å². The first-order valence-corrected chi connectivity index (χ1v) is 6.36. The maximum Gasteiger partial charge on any atom is 0.260 e. The van der Waals surface area contributed by atoms with E-state index < -0.39 is 0 Å². The molecule has 1 atom stereocenters. The number of likely N-dealkylation sites (tertiary alicyclic amines) is 1. The molecule has 0 aromatic heterocycles. The fourth-order valence-electron chi connectivity index (χ4n) is 2.19. The number of hydrogen-bond acceptors (Lipinski definition) is 3. The molecule has 0 bridgehead atoms. The molecule has 1 amide bonds. The van der Waals surface area contributed by atoms with Gasteiger partial charge in [-0.05, 0) is 43.5 Å². The van der Waals surface area contributed by atoms with Crippen molar-refractivity contribution in [1.82, 2.24) is 4.90 Å². The number of carbonyl (C=O) groups is 1. The number of nitrogens with zero attached hydrogens (tertiary/aromatic N) is 1. The predicted octanol–water partition coefficient (Wildman–Crippen LogP) is 1.18. The SMILES string of the molecule is Cc1cccc(OCC(=O)N2CC[C@@H](CN)C2)c1. The van der Waals surface area contributed by atoms with Gasteiger partial charge in [-0.3, -0.25) is 4.79 Å². The molecule has 1 aromatic rings. The van der Waals surface area contributed by atoms with Crippen molar-refractivity contribution in [2.75, 3.05) is 26.2 Å². The van der Waals surface area contributed by atoms with Gasteiger partial charge in [-0.2, -0.15) is 0 Å². The third kappa shape index (κ3) is 3.23. The quantitative estimate of drug-likeness (QED) is 0.870. The van der Waals surface area contributed by atoms with Gasteiger partial charge in [0, 0.05) is 13.1 Å². The highest BCUT2D eigenvalue weighted by atomic mass is 16.5. The zero-order valence-electron chi connectivity index (χ0n) is 10.8. The minimum atomic E-state index is 0.0486. The third-order valence-electron chi connectivity index (χ3n) is 3.32. The molecule has 0 saturated carbocycles. The topological polar surface area (TPSA) is 55.6 Å². The van der Waals surface area contributed by atoms with Gasteiger partial charge in [-0.1, -0.05) is 12.1 Å². The first-order valence-electron chi connectivity index (χ1n) is 6.36. The van der Waals surface area contributed by atoms with Crippen LogP contribution in [-0.4, -0.2) is 37.0 Å². The normalized spacial score (nSPS) is 19.0. The Bertz CT molecular complexity index is 420. The summed E-state index contributed by atoms with van der Waals surface area (Å²) in [5.41, 5.74) is 6.74. The summed E-state index contributed by atoms with van der Waals surface area (Å²) < 4.78 is 5.51. The molecule has 4 heteroatoms. The van der Waals surface area contributed by atoms with Crippen LogP contribution in [0.15, 0.2) is 24.3 Å². The lowest BCUT2D eigenvalue weighted by atomic mass is 10.1. The van der Waals surface area contributed by atoms with Crippen LogP contribution in [-0.2, 0) is 4.79 Å². The van der Waals surface area contributed by atoms with E-state index in [0.29, 0.717) is 12.5 Å². The van der Waals surface area contributed by atoms with Crippen molar-refractivity contribution >= 4 is 5.91 Å². The molecule has 1 aliphatic heterocycles. The van der Waals surface area contributed by atoms with Gasteiger partial charge < -0.3 is 15.4 Å². The van der Waals surface area contributed by atoms with Gasteiger partial charge in [0.2, 0.25) is 0 Å². The zero-order chi connectivity index (χ0) is 13.0. The molecule has 0 spiro atoms. The van der Waals surface area contributed by atoms with Crippen molar-refractivity contribution in [3.8, 4) is 5.75 Å². The third-order valence-corrected chi connectivity index (χ3v) is 3.32. The second kappa shape index (κ2) is 5.87. The van der Waals surface area contributed by atoms with E-state index in [-0.39, 0.29) is 12.5 Å². The maximum atomic E-state index is 11.9. The van der Waals surface area contributed by atoms with E-state index in [9.17, 15) is 4.79 Å². The van der Waals surface area contributed by atoms with Gasteiger partial charge in [0.1, 0.15) is 5.75 Å². The monoisotopic (exact) mass is 248 g/mol. The number of amides is 1. The molecule has 0 radical (unpaired) electrons. The number of aryl methyl sites for hydroxylation is 1. The summed E-state index contributed by atoms with van der Waals surface area (Å²) in [6, 6.07) is 7.73. The molecular weight excluding hydrogens is 228 g/mol. The van der Waals surface area contributed by atoms with Crippen LogP contribution in [0.25, 0.3) is 0 Å². The van der Waals surface area contributed by atoms with Crippen LogP contribution in [0.5, 0.6) is 5.75 Å². The number of nitrogens with two attached hydrogens (primary N) is 1. The summed E-state index contributed by atoms with van der Waals surface area (Å²) >= 11 is 0. The summed E-state index contributed by atoms with van der Waals surface area (Å²) in [6.07, 6.45) is 1.01. The Balaban J connectivity index is 1.82. The average molecular weight is 248 g/mol. The molecule has 0 aliphatic carbocycles. The van der Waals surface area contributed by atoms with E-state index in [1.165, 1.54) is 0 Å². The molecule has 2 rings (SSSR count). The molecule has 1 aromatic carbocycles. The molecule has 18 heavy (non-hydrogen) atoms. The minimum absolute atomic E-state index is 0.0486. The minimum Gasteiger partial charge on any atom is -0.484 e. The Kier molecular flexibility index (Phi) is 4.20. The van der Waals surface area contributed by atoms with Gasteiger partial charge in [0.15, 0.2) is 6.61 Å². The fourth-order valence-corrected chi connectivity index (χ4v) is 2.19. The van der Waals surface area contributed by atoms with E-state index >= 15 is 0 Å². The second-order valence-electron chi connectivity index (χ2n) is 4.84. The van der Waals surface area contributed by atoms with E-state index in [1.807, 2.05) is 36.1 Å². The molecule has 1 aliphatic rings. The van der Waals surface area contributed by atoms with Crippen molar-refractivity contribution in [3.63, 3.8) is 0 Å². The van der Waals surface area contributed by atoms with Crippen LogP contribution in [0.3, 0.4) is 0 Å². The second-order valence-corrected chi connectivity index (χ2v) is 4.84. The van der Waals surface area contributed by atoms with Crippen LogP contribution in [0.4, 0.5) is 0 Å². The number of hydrogen-bond donors (Lipinski definition) is 1. The first kappa shape index (κ1) is 12.9. The number of carbonyl (C=O) groups excluding carboxylic acids is 1. The Morgan fingerprint density at radius 1 is 1.56 bits per heavy atom. The van der Waals surface area contributed by atoms with Crippen molar-refractivity contribution in [3.05, 3.63) is 29.8 Å². The lowest BCUT2D eigenvalue weighted by Crippen LogP contribution is -2.33. The largest absolute Gasteiger partial charge is 0.484 e. The lowest BCUT2D eigenvalue weighted by Gasteiger charge is -2.16. The number of rotatable bonds is 4. The van der Waals surface area contributed by atoms with Crippen LogP contribution in [0.2, 0.25) is 0 Å². The standard InChI is InChI=1S/C14H20N2O2/c1-11-3-2-4-13(7-11)18-10-14(17)16-6-5-12(8-15)9-16/h2-4,7,12H,5-6,8-10,15H2,1H3/t12-/m0/s1.